The molecule has 0 amide bonds. The highest BCUT2D eigenvalue weighted by Crippen LogP contribution is 2.12. The van der Waals surface area contributed by atoms with Gasteiger partial charge in [-0.1, -0.05) is 6.42 Å². The van der Waals surface area contributed by atoms with Crippen molar-refractivity contribution in [1.82, 2.24) is 10.2 Å². The second-order valence-electron chi connectivity index (χ2n) is 3.66. The van der Waals surface area contributed by atoms with Crippen LogP contribution in [0.3, 0.4) is 0 Å². The van der Waals surface area contributed by atoms with Crippen molar-refractivity contribution in [2.75, 3.05) is 26.7 Å². The van der Waals surface area contributed by atoms with Crippen molar-refractivity contribution in [2.45, 2.75) is 25.3 Å². The standard InChI is InChI=1S/C9H17N3.2ClH/c1-12-7-6-11-9(12)8-4-2-3-5-10-8;;/h8,10H,2-7H2,1H3;2*1H. The smallest absolute Gasteiger partial charge is 0.116 e. The summed E-state index contributed by atoms with van der Waals surface area (Å²) in [7, 11) is 2.14. The molecule has 0 spiro atoms. The van der Waals surface area contributed by atoms with E-state index in [0.29, 0.717) is 6.04 Å². The monoisotopic (exact) mass is 239 g/mol. The molecule has 0 aliphatic carbocycles. The van der Waals surface area contributed by atoms with Crippen molar-refractivity contribution < 1.29 is 0 Å². The van der Waals surface area contributed by atoms with Gasteiger partial charge >= 0.3 is 0 Å². The first-order valence-electron chi connectivity index (χ1n) is 4.87. The van der Waals surface area contributed by atoms with Gasteiger partial charge in [-0.3, -0.25) is 4.99 Å². The van der Waals surface area contributed by atoms with Crippen molar-refractivity contribution in [3.8, 4) is 0 Å². The topological polar surface area (TPSA) is 27.6 Å². The van der Waals surface area contributed by atoms with E-state index >= 15 is 0 Å². The normalized spacial score (nSPS) is 26.2. The Morgan fingerprint density at radius 2 is 2.14 bits per heavy atom. The van der Waals surface area contributed by atoms with Crippen LogP contribution in [-0.4, -0.2) is 43.5 Å². The highest BCUT2D eigenvalue weighted by molar-refractivity contribution is 5.88. The first-order valence-corrected chi connectivity index (χ1v) is 4.87. The fraction of sp³-hybridized carbons (Fsp3) is 0.889. The number of amidine groups is 1. The van der Waals surface area contributed by atoms with E-state index in [4.69, 9.17) is 0 Å². The summed E-state index contributed by atoms with van der Waals surface area (Å²) < 4.78 is 0. The number of likely N-dealkylation sites (N-methyl/N-ethyl adjacent to an activating group) is 1. The van der Waals surface area contributed by atoms with E-state index in [1.54, 1.807) is 0 Å². The SMILES string of the molecule is CN1CCN=C1C1CCCCN1.Cl.Cl. The van der Waals surface area contributed by atoms with Crippen LogP contribution in [0.2, 0.25) is 0 Å². The van der Waals surface area contributed by atoms with Crippen LogP contribution >= 0.6 is 24.8 Å². The van der Waals surface area contributed by atoms with E-state index in [1.807, 2.05) is 0 Å². The number of hydrogen-bond acceptors (Lipinski definition) is 3. The lowest BCUT2D eigenvalue weighted by Gasteiger charge is -2.27. The number of nitrogens with one attached hydrogen (secondary N) is 1. The lowest BCUT2D eigenvalue weighted by Crippen LogP contribution is -2.45. The highest BCUT2D eigenvalue weighted by Gasteiger charge is 2.23. The molecular weight excluding hydrogens is 221 g/mol. The van der Waals surface area contributed by atoms with E-state index < -0.39 is 0 Å². The third-order valence-corrected chi connectivity index (χ3v) is 2.72. The van der Waals surface area contributed by atoms with E-state index in [2.05, 4.69) is 22.3 Å². The minimum absolute atomic E-state index is 0. The fourth-order valence-electron chi connectivity index (χ4n) is 2.00. The zero-order valence-electron chi connectivity index (χ0n) is 8.53. The van der Waals surface area contributed by atoms with Crippen molar-refractivity contribution in [3.05, 3.63) is 0 Å². The molecule has 0 bridgehead atoms. The quantitative estimate of drug-likeness (QED) is 0.748. The van der Waals surface area contributed by atoms with Crippen LogP contribution in [0, 0.1) is 0 Å². The summed E-state index contributed by atoms with van der Waals surface area (Å²) in [5, 5.41) is 3.52. The number of piperidine rings is 1. The molecule has 2 rings (SSSR count). The molecule has 1 fully saturated rings. The molecule has 14 heavy (non-hydrogen) atoms. The van der Waals surface area contributed by atoms with Gasteiger partial charge in [0.1, 0.15) is 5.84 Å². The van der Waals surface area contributed by atoms with Gasteiger partial charge in [0.05, 0.1) is 12.6 Å². The second-order valence-corrected chi connectivity index (χ2v) is 3.66. The molecule has 2 heterocycles. The van der Waals surface area contributed by atoms with Gasteiger partial charge in [0.15, 0.2) is 0 Å². The zero-order valence-corrected chi connectivity index (χ0v) is 10.2. The number of rotatable bonds is 1. The Morgan fingerprint density at radius 3 is 2.64 bits per heavy atom. The van der Waals surface area contributed by atoms with Crippen LogP contribution in [-0.2, 0) is 0 Å². The average molecular weight is 240 g/mol. The van der Waals surface area contributed by atoms with Crippen LogP contribution in [0.5, 0.6) is 0 Å². The summed E-state index contributed by atoms with van der Waals surface area (Å²) in [6.45, 7) is 3.26. The molecular formula is C9H19Cl2N3. The molecule has 0 aromatic carbocycles. The van der Waals surface area contributed by atoms with Crippen LogP contribution in [0.1, 0.15) is 19.3 Å². The van der Waals surface area contributed by atoms with Crippen LogP contribution in [0.4, 0.5) is 0 Å². The summed E-state index contributed by atoms with van der Waals surface area (Å²) in [5.41, 5.74) is 0. The minimum atomic E-state index is 0. The van der Waals surface area contributed by atoms with E-state index in [-0.39, 0.29) is 24.8 Å². The number of halogens is 2. The maximum Gasteiger partial charge on any atom is 0.116 e. The van der Waals surface area contributed by atoms with Crippen molar-refractivity contribution in [1.29, 1.82) is 0 Å². The van der Waals surface area contributed by atoms with Gasteiger partial charge in [-0.05, 0) is 19.4 Å². The summed E-state index contributed by atoms with van der Waals surface area (Å²) in [4.78, 5) is 6.80. The molecule has 0 aromatic heterocycles. The molecule has 2 aliphatic heterocycles. The summed E-state index contributed by atoms with van der Waals surface area (Å²) in [6.07, 6.45) is 3.95. The van der Waals surface area contributed by atoms with Crippen LogP contribution in [0.25, 0.3) is 0 Å². The Balaban J connectivity index is 0.000000845. The Hall–Kier alpha value is 0.01000. The Kier molecular flexibility index (Phi) is 6.49. The molecule has 1 N–H and O–H groups in total. The maximum atomic E-state index is 4.52. The molecule has 2 aliphatic rings. The van der Waals surface area contributed by atoms with E-state index in [0.717, 1.165) is 19.6 Å². The molecule has 5 heteroatoms. The summed E-state index contributed by atoms with van der Waals surface area (Å²) >= 11 is 0. The molecule has 1 unspecified atom stereocenters. The van der Waals surface area contributed by atoms with E-state index in [9.17, 15) is 0 Å². The number of nitrogens with zero attached hydrogens (tertiary/aromatic N) is 2. The molecule has 84 valence electrons. The average Bonchev–Trinajstić information content (AvgIpc) is 2.53. The van der Waals surface area contributed by atoms with Crippen molar-refractivity contribution >= 4 is 30.6 Å². The Labute approximate surface area is 98.2 Å². The molecule has 0 aromatic rings. The highest BCUT2D eigenvalue weighted by atomic mass is 35.5. The Morgan fingerprint density at radius 1 is 1.36 bits per heavy atom. The van der Waals surface area contributed by atoms with Gasteiger partial charge in [-0.25, -0.2) is 0 Å². The van der Waals surface area contributed by atoms with Gasteiger partial charge in [-0.15, -0.1) is 24.8 Å². The summed E-state index contributed by atoms with van der Waals surface area (Å²) in [5.74, 6) is 1.29. The van der Waals surface area contributed by atoms with Gasteiger partial charge in [-0.2, -0.15) is 0 Å². The zero-order chi connectivity index (χ0) is 8.39. The first-order chi connectivity index (χ1) is 5.88. The third kappa shape index (κ3) is 3.01. The van der Waals surface area contributed by atoms with Gasteiger partial charge < -0.3 is 10.2 Å². The van der Waals surface area contributed by atoms with Gasteiger partial charge in [0.25, 0.3) is 0 Å². The lowest BCUT2D eigenvalue weighted by atomic mass is 10.0. The van der Waals surface area contributed by atoms with E-state index in [1.165, 1.54) is 25.1 Å². The predicted molar refractivity (Wildman–Crippen MR) is 65.1 cm³/mol. The fourth-order valence-corrected chi connectivity index (χ4v) is 2.00. The largest absolute Gasteiger partial charge is 0.360 e. The molecule has 0 saturated carbocycles. The predicted octanol–water partition coefficient (Wildman–Crippen LogP) is 1.32. The first kappa shape index (κ1) is 14.0. The van der Waals surface area contributed by atoms with Gasteiger partial charge in [0.2, 0.25) is 0 Å². The molecule has 1 atom stereocenters. The number of hydrogen-bond donors (Lipinski definition) is 1. The summed E-state index contributed by atoms with van der Waals surface area (Å²) in [6, 6.07) is 0.547. The molecule has 3 nitrogen and oxygen atoms in total. The van der Waals surface area contributed by atoms with Gasteiger partial charge in [0, 0.05) is 13.6 Å². The molecule has 0 radical (unpaired) electrons. The molecule has 1 saturated heterocycles. The minimum Gasteiger partial charge on any atom is -0.360 e. The van der Waals surface area contributed by atoms with Crippen LogP contribution < -0.4 is 5.32 Å². The second kappa shape index (κ2) is 6.49. The Bertz CT molecular complexity index is 190. The number of aliphatic imine (C=N–C) groups is 1. The lowest BCUT2D eigenvalue weighted by molar-refractivity contribution is 0.435. The van der Waals surface area contributed by atoms with Crippen LogP contribution in [0.15, 0.2) is 4.99 Å². The third-order valence-electron chi connectivity index (χ3n) is 2.72. The van der Waals surface area contributed by atoms with Crippen molar-refractivity contribution in [2.24, 2.45) is 4.99 Å². The maximum absolute atomic E-state index is 4.52. The van der Waals surface area contributed by atoms with Crippen molar-refractivity contribution in [3.63, 3.8) is 0 Å².